The number of benzene rings is 1. The van der Waals surface area contributed by atoms with E-state index < -0.39 is 5.91 Å². The van der Waals surface area contributed by atoms with Crippen LogP contribution in [-0.2, 0) is 4.79 Å². The number of carbonyl (C=O) groups is 2. The third-order valence-electron chi connectivity index (χ3n) is 4.74. The summed E-state index contributed by atoms with van der Waals surface area (Å²) >= 11 is 0. The second-order valence-corrected chi connectivity index (χ2v) is 6.39. The van der Waals surface area contributed by atoms with Gasteiger partial charge in [0.05, 0.1) is 39.7 Å². The first-order valence-electron chi connectivity index (χ1n) is 9.16. The molecule has 0 unspecified atom stereocenters. The molecule has 0 fully saturated rings. The fourth-order valence-electron chi connectivity index (χ4n) is 3.21. The lowest BCUT2D eigenvalue weighted by molar-refractivity contribution is -0.129. The normalized spacial score (nSPS) is 13.5. The van der Waals surface area contributed by atoms with Gasteiger partial charge in [-0.25, -0.2) is 0 Å². The summed E-state index contributed by atoms with van der Waals surface area (Å²) in [5.74, 6) is 1.55. The molecule has 2 aromatic rings. The summed E-state index contributed by atoms with van der Waals surface area (Å²) in [6.45, 7) is 0.876. The molecule has 0 saturated carbocycles. The van der Waals surface area contributed by atoms with Crippen molar-refractivity contribution in [3.8, 4) is 17.2 Å². The number of furan rings is 1. The maximum absolute atomic E-state index is 12.4. The van der Waals surface area contributed by atoms with E-state index in [9.17, 15) is 9.59 Å². The van der Waals surface area contributed by atoms with Crippen LogP contribution in [-0.4, -0.2) is 57.7 Å². The number of ether oxygens (including phenoxy) is 3. The van der Waals surface area contributed by atoms with Gasteiger partial charge in [-0.15, -0.1) is 0 Å². The highest BCUT2D eigenvalue weighted by Gasteiger charge is 2.23. The summed E-state index contributed by atoms with van der Waals surface area (Å²) in [5, 5.41) is 2.58. The number of methoxy groups -OCH3 is 3. The summed E-state index contributed by atoms with van der Waals surface area (Å²) in [5.41, 5.74) is 1.89. The van der Waals surface area contributed by atoms with Crippen LogP contribution in [0, 0.1) is 0 Å². The van der Waals surface area contributed by atoms with Crippen LogP contribution in [0.5, 0.6) is 17.2 Å². The lowest BCUT2D eigenvalue weighted by atomic mass is 9.97. The Balaban J connectivity index is 1.67. The largest absolute Gasteiger partial charge is 0.496 e. The molecule has 154 valence electrons. The van der Waals surface area contributed by atoms with Gasteiger partial charge in [-0.05, 0) is 24.1 Å². The Morgan fingerprint density at radius 1 is 1.14 bits per heavy atom. The smallest absolute Gasteiger partial charge is 0.287 e. The SMILES string of the molecule is COc1cc(OC)c(C2=CCN(C(=O)CNC(=O)c3ccco3)CC2)c(OC)c1. The van der Waals surface area contributed by atoms with Gasteiger partial charge in [-0.3, -0.25) is 9.59 Å². The molecular weight excluding hydrogens is 376 g/mol. The number of nitrogens with zero attached hydrogens (tertiary/aromatic N) is 1. The average molecular weight is 400 g/mol. The molecular formula is C21H24N2O6. The van der Waals surface area contributed by atoms with Crippen molar-refractivity contribution in [3.05, 3.63) is 47.9 Å². The van der Waals surface area contributed by atoms with Crippen molar-refractivity contribution in [3.63, 3.8) is 0 Å². The number of amides is 2. The van der Waals surface area contributed by atoms with Crippen molar-refractivity contribution in [1.29, 1.82) is 0 Å². The van der Waals surface area contributed by atoms with Crippen molar-refractivity contribution in [2.45, 2.75) is 6.42 Å². The zero-order valence-corrected chi connectivity index (χ0v) is 16.7. The first kappa shape index (κ1) is 20.3. The van der Waals surface area contributed by atoms with Gasteiger partial charge < -0.3 is 28.8 Å². The molecule has 2 heterocycles. The van der Waals surface area contributed by atoms with Crippen LogP contribution in [0.25, 0.3) is 5.57 Å². The molecule has 1 N–H and O–H groups in total. The maximum Gasteiger partial charge on any atom is 0.287 e. The summed E-state index contributed by atoms with van der Waals surface area (Å²) < 4.78 is 21.3. The predicted octanol–water partition coefficient (Wildman–Crippen LogP) is 2.35. The summed E-state index contributed by atoms with van der Waals surface area (Å²) in [7, 11) is 4.78. The number of nitrogens with one attached hydrogen (secondary N) is 1. The minimum Gasteiger partial charge on any atom is -0.496 e. The quantitative estimate of drug-likeness (QED) is 0.767. The number of hydrogen-bond donors (Lipinski definition) is 1. The molecule has 0 bridgehead atoms. The van der Waals surface area contributed by atoms with E-state index in [-0.39, 0.29) is 18.2 Å². The maximum atomic E-state index is 12.4. The number of carbonyl (C=O) groups excluding carboxylic acids is 2. The highest BCUT2D eigenvalue weighted by atomic mass is 16.5. The minimum absolute atomic E-state index is 0.0854. The molecule has 1 aliphatic heterocycles. The van der Waals surface area contributed by atoms with Crippen LogP contribution in [0.3, 0.4) is 0 Å². The highest BCUT2D eigenvalue weighted by Crippen LogP contribution is 2.40. The van der Waals surface area contributed by atoms with Gasteiger partial charge in [0.15, 0.2) is 5.76 Å². The van der Waals surface area contributed by atoms with Gasteiger partial charge in [0.1, 0.15) is 17.2 Å². The molecule has 1 aromatic heterocycles. The summed E-state index contributed by atoms with van der Waals surface area (Å²) in [4.78, 5) is 26.0. The fourth-order valence-corrected chi connectivity index (χ4v) is 3.21. The van der Waals surface area contributed by atoms with Crippen LogP contribution in [0.1, 0.15) is 22.5 Å². The Labute approximate surface area is 169 Å². The molecule has 0 spiro atoms. The molecule has 8 heteroatoms. The molecule has 1 aliphatic rings. The predicted molar refractivity (Wildman–Crippen MR) is 106 cm³/mol. The van der Waals surface area contributed by atoms with Crippen molar-refractivity contribution in [2.24, 2.45) is 0 Å². The van der Waals surface area contributed by atoms with E-state index in [1.807, 2.05) is 6.08 Å². The van der Waals surface area contributed by atoms with Gasteiger partial charge in [-0.2, -0.15) is 0 Å². The summed E-state index contributed by atoms with van der Waals surface area (Å²) in [6.07, 6.45) is 4.02. The number of rotatable bonds is 7. The van der Waals surface area contributed by atoms with Gasteiger partial charge in [0, 0.05) is 25.2 Å². The van der Waals surface area contributed by atoms with E-state index in [4.69, 9.17) is 18.6 Å². The lowest BCUT2D eigenvalue weighted by Crippen LogP contribution is -2.42. The zero-order chi connectivity index (χ0) is 20.8. The Kier molecular flexibility index (Phi) is 6.43. The molecule has 8 nitrogen and oxygen atoms in total. The second-order valence-electron chi connectivity index (χ2n) is 6.39. The molecule has 0 atom stereocenters. The van der Waals surface area contributed by atoms with E-state index >= 15 is 0 Å². The Morgan fingerprint density at radius 2 is 1.86 bits per heavy atom. The molecule has 0 radical (unpaired) electrons. The molecule has 2 amide bonds. The fraction of sp³-hybridized carbons (Fsp3) is 0.333. The van der Waals surface area contributed by atoms with E-state index in [1.54, 1.807) is 50.5 Å². The van der Waals surface area contributed by atoms with Gasteiger partial charge >= 0.3 is 0 Å². The lowest BCUT2D eigenvalue weighted by Gasteiger charge is -2.28. The Hall–Kier alpha value is -3.42. The van der Waals surface area contributed by atoms with Crippen molar-refractivity contribution >= 4 is 17.4 Å². The van der Waals surface area contributed by atoms with Gasteiger partial charge in [0.25, 0.3) is 5.91 Å². The Morgan fingerprint density at radius 3 is 2.38 bits per heavy atom. The van der Waals surface area contributed by atoms with Crippen molar-refractivity contribution in [1.82, 2.24) is 10.2 Å². The molecule has 0 aliphatic carbocycles. The first-order chi connectivity index (χ1) is 14.1. The van der Waals surface area contributed by atoms with E-state index in [1.165, 1.54) is 6.26 Å². The van der Waals surface area contributed by atoms with Crippen molar-refractivity contribution < 1.29 is 28.2 Å². The molecule has 0 saturated heterocycles. The van der Waals surface area contributed by atoms with Crippen LogP contribution in [0.4, 0.5) is 0 Å². The van der Waals surface area contributed by atoms with E-state index in [0.29, 0.717) is 36.8 Å². The van der Waals surface area contributed by atoms with Crippen LogP contribution in [0.2, 0.25) is 0 Å². The second kappa shape index (κ2) is 9.18. The molecule has 29 heavy (non-hydrogen) atoms. The van der Waals surface area contributed by atoms with Crippen LogP contribution < -0.4 is 19.5 Å². The number of hydrogen-bond acceptors (Lipinski definition) is 6. The highest BCUT2D eigenvalue weighted by molar-refractivity contribution is 5.94. The average Bonchev–Trinajstić information content (AvgIpc) is 3.31. The topological polar surface area (TPSA) is 90.2 Å². The van der Waals surface area contributed by atoms with E-state index in [0.717, 1.165) is 11.1 Å². The van der Waals surface area contributed by atoms with Crippen molar-refractivity contribution in [2.75, 3.05) is 41.0 Å². The monoisotopic (exact) mass is 400 g/mol. The van der Waals surface area contributed by atoms with E-state index in [2.05, 4.69) is 5.32 Å². The van der Waals surface area contributed by atoms with Gasteiger partial charge in [0.2, 0.25) is 5.91 Å². The third-order valence-corrected chi connectivity index (χ3v) is 4.74. The zero-order valence-electron chi connectivity index (χ0n) is 16.7. The third kappa shape index (κ3) is 4.53. The van der Waals surface area contributed by atoms with Gasteiger partial charge in [-0.1, -0.05) is 6.08 Å². The van der Waals surface area contributed by atoms with Crippen LogP contribution in [0.15, 0.2) is 41.0 Å². The molecule has 3 rings (SSSR count). The minimum atomic E-state index is -0.413. The molecule has 1 aromatic carbocycles. The van der Waals surface area contributed by atoms with Crippen LogP contribution >= 0.6 is 0 Å². The standard InChI is InChI=1S/C21H24N2O6/c1-26-15-11-17(27-2)20(18(12-15)28-3)14-6-8-23(9-7-14)19(24)13-22-21(25)16-5-4-10-29-16/h4-6,10-12H,7-9,13H2,1-3H3,(H,22,25). The summed E-state index contributed by atoms with van der Waals surface area (Å²) in [6, 6.07) is 6.78. The Bertz CT molecular complexity index is 879. The first-order valence-corrected chi connectivity index (χ1v) is 9.16.